The number of hydrogen-bond donors (Lipinski definition) is 0. The van der Waals surface area contributed by atoms with Crippen molar-refractivity contribution >= 4 is 17.1 Å². The molecule has 0 bridgehead atoms. The predicted octanol–water partition coefficient (Wildman–Crippen LogP) is 4.43. The fourth-order valence-corrected chi connectivity index (χ4v) is 2.90. The Labute approximate surface area is 107 Å². The first kappa shape index (κ1) is 11.2. The van der Waals surface area contributed by atoms with Gasteiger partial charge < -0.3 is 0 Å². The minimum absolute atomic E-state index is 0.446. The Morgan fingerprint density at radius 1 is 1.00 bits per heavy atom. The van der Waals surface area contributed by atoms with Gasteiger partial charge in [0.1, 0.15) is 6.29 Å². The van der Waals surface area contributed by atoms with Gasteiger partial charge >= 0.3 is 0 Å². The number of benzene rings is 2. The maximum absolute atomic E-state index is 10.8. The lowest BCUT2D eigenvalue weighted by atomic mass is 9.80. The average molecular weight is 236 g/mol. The highest BCUT2D eigenvalue weighted by molar-refractivity contribution is 5.92. The Morgan fingerprint density at radius 3 is 2.56 bits per heavy atom. The molecule has 0 aliphatic heterocycles. The summed E-state index contributed by atoms with van der Waals surface area (Å²) < 4.78 is 0. The molecule has 0 amide bonds. The summed E-state index contributed by atoms with van der Waals surface area (Å²) in [5.74, 6) is 0.924. The lowest BCUT2D eigenvalue weighted by Gasteiger charge is -2.24. The summed E-state index contributed by atoms with van der Waals surface area (Å²) in [7, 11) is 0. The molecule has 1 nitrogen and oxygen atoms in total. The van der Waals surface area contributed by atoms with Crippen molar-refractivity contribution in [1.29, 1.82) is 0 Å². The molecule has 1 aliphatic rings. The van der Waals surface area contributed by atoms with Crippen LogP contribution in [0, 0.1) is 0 Å². The summed E-state index contributed by atoms with van der Waals surface area (Å²) in [6.45, 7) is 4.46. The van der Waals surface area contributed by atoms with Crippen LogP contribution in [0.4, 0.5) is 0 Å². The van der Waals surface area contributed by atoms with E-state index in [0.29, 0.717) is 11.8 Å². The van der Waals surface area contributed by atoms with E-state index >= 15 is 0 Å². The smallest absolute Gasteiger partial charge is 0.150 e. The lowest BCUT2D eigenvalue weighted by Crippen LogP contribution is -2.06. The van der Waals surface area contributed by atoms with Crippen LogP contribution >= 0.6 is 0 Å². The summed E-state index contributed by atoms with van der Waals surface area (Å²) in [4.78, 5) is 10.8. The van der Waals surface area contributed by atoms with E-state index in [-0.39, 0.29) is 0 Å². The van der Waals surface area contributed by atoms with E-state index in [2.05, 4.69) is 44.2 Å². The Balaban J connectivity index is 2.33. The van der Waals surface area contributed by atoms with Crippen molar-refractivity contribution in [1.82, 2.24) is 0 Å². The number of hydrogen-bond acceptors (Lipinski definition) is 1. The zero-order chi connectivity index (χ0) is 12.7. The average Bonchev–Trinajstić information content (AvgIpc) is 2.41. The third-order valence-corrected chi connectivity index (χ3v) is 3.89. The van der Waals surface area contributed by atoms with Crippen LogP contribution in [0.15, 0.2) is 42.5 Å². The molecule has 0 aromatic heterocycles. The number of carbonyl (C=O) groups is 1. The third-order valence-electron chi connectivity index (χ3n) is 3.89. The van der Waals surface area contributed by atoms with Gasteiger partial charge in [-0.15, -0.1) is 0 Å². The van der Waals surface area contributed by atoms with E-state index in [4.69, 9.17) is 0 Å². The number of allylic oxidation sites excluding steroid dienone is 2. The van der Waals surface area contributed by atoms with E-state index in [9.17, 15) is 4.79 Å². The molecule has 2 aromatic carbocycles. The monoisotopic (exact) mass is 236 g/mol. The van der Waals surface area contributed by atoms with E-state index in [1.54, 1.807) is 0 Å². The van der Waals surface area contributed by atoms with Crippen LogP contribution in [0.3, 0.4) is 0 Å². The highest BCUT2D eigenvalue weighted by Crippen LogP contribution is 2.38. The van der Waals surface area contributed by atoms with Crippen molar-refractivity contribution in [3.63, 3.8) is 0 Å². The number of carbonyl (C=O) groups excluding carboxylic acids is 1. The highest BCUT2D eigenvalue weighted by Gasteiger charge is 2.19. The maximum Gasteiger partial charge on any atom is 0.150 e. The first-order valence-electron chi connectivity index (χ1n) is 6.41. The molecule has 0 fully saturated rings. The van der Waals surface area contributed by atoms with Crippen molar-refractivity contribution < 1.29 is 4.79 Å². The molecule has 3 rings (SSSR count). The zero-order valence-corrected chi connectivity index (χ0v) is 10.7. The van der Waals surface area contributed by atoms with Gasteiger partial charge in [0.05, 0.1) is 0 Å². The van der Waals surface area contributed by atoms with Crippen LogP contribution in [0.2, 0.25) is 0 Å². The normalized spacial score (nSPS) is 21.9. The van der Waals surface area contributed by atoms with E-state index < -0.39 is 0 Å². The van der Waals surface area contributed by atoms with Crippen LogP contribution in [0.5, 0.6) is 0 Å². The molecule has 0 saturated heterocycles. The van der Waals surface area contributed by atoms with Crippen LogP contribution in [-0.2, 0) is 0 Å². The van der Waals surface area contributed by atoms with Gasteiger partial charge in [0.2, 0.25) is 0 Å². The van der Waals surface area contributed by atoms with Gasteiger partial charge in [0.25, 0.3) is 0 Å². The largest absolute Gasteiger partial charge is 0.298 e. The number of aldehydes is 1. The minimum Gasteiger partial charge on any atom is -0.298 e. The SMILES string of the molecule is CC1C=CC(C)c2c1ccc1cc(C=O)ccc21. The molecule has 0 heterocycles. The van der Waals surface area contributed by atoms with Gasteiger partial charge in [-0.3, -0.25) is 4.79 Å². The maximum atomic E-state index is 10.8. The molecule has 0 saturated carbocycles. The second-order valence-electron chi connectivity index (χ2n) is 5.13. The molecule has 1 aliphatic carbocycles. The van der Waals surface area contributed by atoms with Crippen molar-refractivity contribution in [3.8, 4) is 0 Å². The summed E-state index contributed by atoms with van der Waals surface area (Å²) in [5, 5.41) is 2.44. The summed E-state index contributed by atoms with van der Waals surface area (Å²) >= 11 is 0. The molecular weight excluding hydrogens is 220 g/mol. The van der Waals surface area contributed by atoms with Gasteiger partial charge in [0.15, 0.2) is 0 Å². The fraction of sp³-hybridized carbons (Fsp3) is 0.235. The van der Waals surface area contributed by atoms with Crippen LogP contribution in [0.25, 0.3) is 10.8 Å². The molecule has 2 unspecified atom stereocenters. The topological polar surface area (TPSA) is 17.1 Å². The molecular formula is C17H16O. The summed E-state index contributed by atoms with van der Waals surface area (Å²) in [6.07, 6.45) is 5.46. The number of fused-ring (bicyclic) bond motifs is 3. The minimum atomic E-state index is 0.446. The Hall–Kier alpha value is -1.89. The lowest BCUT2D eigenvalue weighted by molar-refractivity contribution is 0.112. The van der Waals surface area contributed by atoms with Crippen molar-refractivity contribution in [2.75, 3.05) is 0 Å². The molecule has 0 N–H and O–H groups in total. The number of rotatable bonds is 1. The standard InChI is InChI=1S/C17H16O/c1-11-3-4-12(2)17-15(11)8-6-14-9-13(10-18)5-7-16(14)17/h3-12H,1-2H3. The van der Waals surface area contributed by atoms with Gasteiger partial charge in [-0.05, 0) is 39.8 Å². The fourth-order valence-electron chi connectivity index (χ4n) is 2.90. The van der Waals surface area contributed by atoms with Gasteiger partial charge in [-0.1, -0.05) is 50.3 Å². The quantitative estimate of drug-likeness (QED) is 0.529. The molecule has 18 heavy (non-hydrogen) atoms. The second-order valence-corrected chi connectivity index (χ2v) is 5.13. The van der Waals surface area contributed by atoms with E-state index in [0.717, 1.165) is 17.2 Å². The van der Waals surface area contributed by atoms with Crippen LogP contribution < -0.4 is 0 Å². The van der Waals surface area contributed by atoms with Crippen LogP contribution in [0.1, 0.15) is 47.2 Å². The van der Waals surface area contributed by atoms with Crippen molar-refractivity contribution in [2.45, 2.75) is 25.7 Å². The van der Waals surface area contributed by atoms with E-state index in [1.165, 1.54) is 16.5 Å². The van der Waals surface area contributed by atoms with Gasteiger partial charge in [-0.25, -0.2) is 0 Å². The Bertz CT molecular complexity index is 652. The predicted molar refractivity (Wildman–Crippen MR) is 75.3 cm³/mol. The van der Waals surface area contributed by atoms with Crippen molar-refractivity contribution in [2.24, 2.45) is 0 Å². The third kappa shape index (κ3) is 1.59. The molecule has 0 radical (unpaired) electrons. The van der Waals surface area contributed by atoms with Crippen molar-refractivity contribution in [3.05, 3.63) is 59.2 Å². The zero-order valence-electron chi connectivity index (χ0n) is 10.7. The summed E-state index contributed by atoms with van der Waals surface area (Å²) in [6, 6.07) is 10.3. The Kier molecular flexibility index (Phi) is 2.55. The van der Waals surface area contributed by atoms with Gasteiger partial charge in [-0.2, -0.15) is 0 Å². The van der Waals surface area contributed by atoms with Crippen LogP contribution in [-0.4, -0.2) is 6.29 Å². The first-order valence-corrected chi connectivity index (χ1v) is 6.41. The highest BCUT2D eigenvalue weighted by atomic mass is 16.1. The first-order chi connectivity index (χ1) is 8.70. The van der Waals surface area contributed by atoms with E-state index in [1.807, 2.05) is 12.1 Å². The molecule has 2 atom stereocenters. The van der Waals surface area contributed by atoms with Gasteiger partial charge in [0, 0.05) is 5.56 Å². The molecule has 0 spiro atoms. The molecule has 2 aromatic rings. The second kappa shape index (κ2) is 4.09. The molecule has 90 valence electrons. The summed E-state index contributed by atoms with van der Waals surface area (Å²) in [5.41, 5.74) is 3.57. The Morgan fingerprint density at radius 2 is 1.78 bits per heavy atom. The molecule has 1 heteroatoms.